The molecule has 1 atom stereocenters. The van der Waals surface area contributed by atoms with Crippen LogP contribution in [0.2, 0.25) is 5.02 Å². The third-order valence-electron chi connectivity index (χ3n) is 7.30. The first-order chi connectivity index (χ1) is 18.3. The molecule has 3 aromatic carbocycles. The van der Waals surface area contributed by atoms with Crippen LogP contribution in [0.15, 0.2) is 48.5 Å². The molecular weight excluding hydrogens is 510 g/mol. The molecule has 1 aliphatic rings. The first-order valence-corrected chi connectivity index (χ1v) is 13.1. The molecule has 1 heterocycles. The van der Waals surface area contributed by atoms with Crippen LogP contribution in [0.3, 0.4) is 0 Å². The van der Waals surface area contributed by atoms with Crippen molar-refractivity contribution in [2.45, 2.75) is 52.1 Å². The average Bonchev–Trinajstić information content (AvgIpc) is 3.26. The van der Waals surface area contributed by atoms with Gasteiger partial charge in [-0.25, -0.2) is 18.3 Å². The Bertz CT molecular complexity index is 1470. The lowest BCUT2D eigenvalue weighted by atomic mass is 9.83. The Labute approximate surface area is 225 Å². The Kier molecular flexibility index (Phi) is 7.39. The summed E-state index contributed by atoms with van der Waals surface area (Å²) >= 11 is 6.14. The van der Waals surface area contributed by atoms with Gasteiger partial charge in [0, 0.05) is 22.4 Å². The number of nitrogens with zero attached hydrogens (tertiary/aromatic N) is 2. The molecule has 1 saturated carbocycles. The van der Waals surface area contributed by atoms with Gasteiger partial charge in [-0.3, -0.25) is 0 Å². The first-order valence-electron chi connectivity index (χ1n) is 12.8. The average molecular weight is 539 g/mol. The molecule has 0 bridgehead atoms. The number of aryl methyl sites for hydroxylation is 2. The van der Waals surface area contributed by atoms with E-state index in [9.17, 15) is 13.6 Å². The van der Waals surface area contributed by atoms with Crippen LogP contribution in [0, 0.1) is 31.4 Å². The Morgan fingerprint density at radius 1 is 1.00 bits per heavy atom. The second kappa shape index (κ2) is 10.7. The van der Waals surface area contributed by atoms with Crippen LogP contribution in [-0.2, 0) is 4.74 Å². The molecule has 38 heavy (non-hydrogen) atoms. The summed E-state index contributed by atoms with van der Waals surface area (Å²) < 4.78 is 42.3. The number of carbonyl (C=O) groups excluding carboxylic acids is 1. The van der Waals surface area contributed by atoms with Crippen LogP contribution in [0.5, 0.6) is 5.75 Å². The van der Waals surface area contributed by atoms with Gasteiger partial charge in [0.1, 0.15) is 11.9 Å². The van der Waals surface area contributed by atoms with Gasteiger partial charge in [0.05, 0.1) is 29.6 Å². The summed E-state index contributed by atoms with van der Waals surface area (Å²) in [5.41, 5.74) is 3.71. The number of ether oxygens (including phenoxy) is 2. The predicted molar refractivity (Wildman–Crippen MR) is 143 cm³/mol. The molecule has 0 radical (unpaired) electrons. The molecular formula is C30H29ClF2N2O3. The van der Waals surface area contributed by atoms with Crippen molar-refractivity contribution in [3.05, 3.63) is 87.6 Å². The highest BCUT2D eigenvalue weighted by molar-refractivity contribution is 6.30. The van der Waals surface area contributed by atoms with E-state index in [1.807, 2.05) is 26.0 Å². The van der Waals surface area contributed by atoms with E-state index in [0.29, 0.717) is 38.6 Å². The lowest BCUT2D eigenvalue weighted by Gasteiger charge is -2.32. The number of hydrogen-bond acceptors (Lipinski definition) is 4. The molecule has 0 saturated heterocycles. The van der Waals surface area contributed by atoms with Gasteiger partial charge >= 0.3 is 5.97 Å². The number of aromatic nitrogens is 2. The van der Waals surface area contributed by atoms with Crippen molar-refractivity contribution in [2.75, 3.05) is 7.11 Å². The van der Waals surface area contributed by atoms with Crippen molar-refractivity contribution in [1.82, 2.24) is 9.78 Å². The summed E-state index contributed by atoms with van der Waals surface area (Å²) in [7, 11) is 1.35. The van der Waals surface area contributed by atoms with Gasteiger partial charge in [-0.2, -0.15) is 5.10 Å². The highest BCUT2D eigenvalue weighted by Gasteiger charge is 2.33. The van der Waals surface area contributed by atoms with Crippen LogP contribution in [-0.4, -0.2) is 22.9 Å². The number of methoxy groups -OCH3 is 1. The Morgan fingerprint density at radius 2 is 1.63 bits per heavy atom. The van der Waals surface area contributed by atoms with E-state index in [0.717, 1.165) is 49.3 Å². The standard InChI is InChI=1S/C30H29ClF2N2O3/c1-17-13-20(30(36)37-3)14-18(2)28(17)38-29(19-7-5-4-6-8-19)27-23-15-24(32)25(33)16-26(23)34-35(27)22-11-9-21(31)10-12-22/h9-16,19,29H,4-8H2,1-3H3. The van der Waals surface area contributed by atoms with E-state index >= 15 is 0 Å². The van der Waals surface area contributed by atoms with Gasteiger partial charge < -0.3 is 9.47 Å². The molecule has 198 valence electrons. The smallest absolute Gasteiger partial charge is 0.337 e. The van der Waals surface area contributed by atoms with Gasteiger partial charge in [0.15, 0.2) is 11.6 Å². The minimum Gasteiger partial charge on any atom is -0.483 e. The van der Waals surface area contributed by atoms with Gasteiger partial charge in [0.25, 0.3) is 0 Å². The molecule has 1 aromatic heterocycles. The van der Waals surface area contributed by atoms with Crippen molar-refractivity contribution < 1.29 is 23.0 Å². The van der Waals surface area contributed by atoms with Gasteiger partial charge in [-0.15, -0.1) is 0 Å². The van der Waals surface area contributed by atoms with Gasteiger partial charge in [0.2, 0.25) is 0 Å². The number of benzene rings is 3. The third-order valence-corrected chi connectivity index (χ3v) is 7.55. The molecule has 1 unspecified atom stereocenters. The van der Waals surface area contributed by atoms with Crippen LogP contribution in [0.25, 0.3) is 16.6 Å². The predicted octanol–water partition coefficient (Wildman–Crippen LogP) is 8.06. The molecule has 0 amide bonds. The second-order valence-corrected chi connectivity index (χ2v) is 10.4. The van der Waals surface area contributed by atoms with Gasteiger partial charge in [-0.05, 0) is 80.3 Å². The largest absolute Gasteiger partial charge is 0.483 e. The monoisotopic (exact) mass is 538 g/mol. The van der Waals surface area contributed by atoms with Crippen molar-refractivity contribution >= 4 is 28.5 Å². The topological polar surface area (TPSA) is 53.4 Å². The maximum atomic E-state index is 14.6. The zero-order valence-corrected chi connectivity index (χ0v) is 22.3. The molecule has 1 fully saturated rings. The number of halogens is 3. The fourth-order valence-corrected chi connectivity index (χ4v) is 5.59. The number of hydrogen-bond donors (Lipinski definition) is 0. The van der Waals surface area contributed by atoms with E-state index in [2.05, 4.69) is 0 Å². The van der Waals surface area contributed by atoms with Crippen LogP contribution in [0.1, 0.15) is 65.4 Å². The van der Waals surface area contributed by atoms with E-state index in [1.165, 1.54) is 13.2 Å². The minimum atomic E-state index is -0.954. The Hall–Kier alpha value is -3.45. The highest BCUT2D eigenvalue weighted by atomic mass is 35.5. The molecule has 1 aliphatic carbocycles. The Morgan fingerprint density at radius 3 is 2.26 bits per heavy atom. The number of carbonyl (C=O) groups is 1. The van der Waals surface area contributed by atoms with Crippen LogP contribution in [0.4, 0.5) is 8.78 Å². The maximum Gasteiger partial charge on any atom is 0.337 e. The lowest BCUT2D eigenvalue weighted by Crippen LogP contribution is -2.25. The summed E-state index contributed by atoms with van der Waals surface area (Å²) in [6.07, 6.45) is 4.62. The van der Waals surface area contributed by atoms with Crippen molar-refractivity contribution in [2.24, 2.45) is 5.92 Å². The highest BCUT2D eigenvalue weighted by Crippen LogP contribution is 2.43. The van der Waals surface area contributed by atoms with Gasteiger partial charge in [-0.1, -0.05) is 30.9 Å². The van der Waals surface area contributed by atoms with E-state index in [4.69, 9.17) is 26.2 Å². The summed E-state index contributed by atoms with van der Waals surface area (Å²) in [5.74, 6) is -1.54. The van der Waals surface area contributed by atoms with Crippen LogP contribution < -0.4 is 4.74 Å². The van der Waals surface area contributed by atoms with E-state index in [1.54, 1.807) is 28.9 Å². The van der Waals surface area contributed by atoms with Crippen molar-refractivity contribution in [1.29, 1.82) is 0 Å². The zero-order chi connectivity index (χ0) is 27.0. The Balaban J connectivity index is 1.71. The molecule has 8 heteroatoms. The number of rotatable bonds is 6. The van der Waals surface area contributed by atoms with Crippen LogP contribution >= 0.6 is 11.6 Å². The SMILES string of the molecule is COC(=O)c1cc(C)c(OC(c2c3cc(F)c(F)cc3nn2-c2ccc(Cl)cc2)C2CCCCC2)c(C)c1. The maximum absolute atomic E-state index is 14.6. The quantitative estimate of drug-likeness (QED) is 0.233. The summed E-state index contributed by atoms with van der Waals surface area (Å²) in [4.78, 5) is 12.2. The fourth-order valence-electron chi connectivity index (χ4n) is 5.46. The summed E-state index contributed by atoms with van der Waals surface area (Å²) in [6, 6.07) is 13.0. The second-order valence-electron chi connectivity index (χ2n) is 9.92. The molecule has 0 aliphatic heterocycles. The zero-order valence-electron chi connectivity index (χ0n) is 21.6. The number of fused-ring (bicyclic) bond motifs is 1. The molecule has 5 nitrogen and oxygen atoms in total. The molecule has 0 N–H and O–H groups in total. The van der Waals surface area contributed by atoms with Crippen molar-refractivity contribution in [3.8, 4) is 11.4 Å². The summed E-state index contributed by atoms with van der Waals surface area (Å²) in [5, 5.41) is 5.76. The number of esters is 1. The minimum absolute atomic E-state index is 0.127. The first kappa shape index (κ1) is 26.2. The normalized spacial score (nSPS) is 15.0. The summed E-state index contributed by atoms with van der Waals surface area (Å²) in [6.45, 7) is 3.77. The molecule has 5 rings (SSSR count). The van der Waals surface area contributed by atoms with E-state index in [-0.39, 0.29) is 5.92 Å². The third kappa shape index (κ3) is 4.99. The lowest BCUT2D eigenvalue weighted by molar-refractivity contribution is 0.0600. The molecule has 4 aromatic rings. The fraction of sp³-hybridized carbons (Fsp3) is 0.333. The molecule has 0 spiro atoms. The van der Waals surface area contributed by atoms with E-state index < -0.39 is 23.7 Å². The van der Waals surface area contributed by atoms with Crippen molar-refractivity contribution in [3.63, 3.8) is 0 Å².